The summed E-state index contributed by atoms with van der Waals surface area (Å²) in [6.45, 7) is 5.52. The number of rotatable bonds is 5. The Morgan fingerprint density at radius 2 is 2.33 bits per heavy atom. The Kier molecular flexibility index (Phi) is 5.23. The van der Waals surface area contributed by atoms with Gasteiger partial charge in [-0.05, 0) is 6.92 Å². The van der Waals surface area contributed by atoms with Gasteiger partial charge in [-0.15, -0.1) is 5.10 Å². The number of carbonyl (C=O) groups is 2. The number of amides is 1. The van der Waals surface area contributed by atoms with Crippen molar-refractivity contribution in [2.75, 3.05) is 38.1 Å². The van der Waals surface area contributed by atoms with Crippen molar-refractivity contribution in [3.8, 4) is 0 Å². The highest BCUT2D eigenvalue weighted by Crippen LogP contribution is 2.08. The summed E-state index contributed by atoms with van der Waals surface area (Å²) in [5, 5.41) is 12.9. The van der Waals surface area contributed by atoms with Crippen LogP contribution in [0.3, 0.4) is 0 Å². The molecule has 0 bridgehead atoms. The molecule has 1 amide bonds. The third kappa shape index (κ3) is 4.23. The van der Waals surface area contributed by atoms with Gasteiger partial charge in [-0.1, -0.05) is 5.10 Å². The molecule has 0 aliphatic carbocycles. The topological polar surface area (TPSA) is 110 Å². The Morgan fingerprint density at radius 3 is 3.00 bits per heavy atom. The van der Waals surface area contributed by atoms with E-state index >= 15 is 0 Å². The summed E-state index contributed by atoms with van der Waals surface area (Å²) in [5.74, 6) is -0.266. The molecule has 2 rings (SSSR count). The number of nitrogens with zero attached hydrogens (tertiary/aromatic N) is 3. The predicted octanol–water partition coefficient (Wildman–Crippen LogP) is -0.847. The molecular formula is C12H19N5O4. The van der Waals surface area contributed by atoms with E-state index < -0.39 is 6.04 Å². The van der Waals surface area contributed by atoms with Crippen LogP contribution in [0.5, 0.6) is 0 Å². The van der Waals surface area contributed by atoms with Gasteiger partial charge < -0.3 is 14.5 Å². The molecule has 1 saturated heterocycles. The zero-order valence-electron chi connectivity index (χ0n) is 12.1. The van der Waals surface area contributed by atoms with Crippen LogP contribution in [-0.4, -0.2) is 65.8 Å². The molecule has 1 aromatic heterocycles. The molecule has 2 heterocycles. The van der Waals surface area contributed by atoms with Gasteiger partial charge in [0, 0.05) is 26.6 Å². The molecule has 1 aromatic rings. The van der Waals surface area contributed by atoms with Gasteiger partial charge in [-0.25, -0.2) is 0 Å². The monoisotopic (exact) mass is 297 g/mol. The molecule has 1 fully saturated rings. The Labute approximate surface area is 122 Å². The fraction of sp³-hybridized carbons (Fsp3) is 0.667. The highest BCUT2D eigenvalue weighted by atomic mass is 16.5. The average molecular weight is 297 g/mol. The van der Waals surface area contributed by atoms with E-state index in [-0.39, 0.29) is 24.4 Å². The second kappa shape index (κ2) is 7.14. The normalized spacial score (nSPS) is 19.2. The van der Waals surface area contributed by atoms with Crippen molar-refractivity contribution < 1.29 is 18.7 Å². The van der Waals surface area contributed by atoms with Crippen LogP contribution in [0.1, 0.15) is 12.8 Å². The average Bonchev–Trinajstić information content (AvgIpc) is 2.84. The molecule has 1 aliphatic rings. The summed E-state index contributed by atoms with van der Waals surface area (Å²) in [7, 11) is 0. The lowest BCUT2D eigenvalue weighted by Crippen LogP contribution is -2.57. The van der Waals surface area contributed by atoms with Crippen molar-refractivity contribution in [1.82, 2.24) is 20.4 Å². The van der Waals surface area contributed by atoms with Crippen LogP contribution in [0.15, 0.2) is 4.42 Å². The number of ether oxygens (including phenoxy) is 1. The standard InChI is InChI=1S/C12H19N5O4/c1-3-20-11(19)9-6-13-4-5-17(9)7-10(18)14-12-16-15-8(2)21-12/h9,13H,3-7H2,1-2H3,(H,14,16,18). The summed E-state index contributed by atoms with van der Waals surface area (Å²) in [6, 6.07) is -0.408. The maximum absolute atomic E-state index is 12.0. The molecule has 0 spiro atoms. The maximum atomic E-state index is 12.0. The maximum Gasteiger partial charge on any atom is 0.324 e. The molecule has 116 valence electrons. The second-order valence-electron chi connectivity index (χ2n) is 4.62. The molecule has 0 saturated carbocycles. The molecule has 1 unspecified atom stereocenters. The fourth-order valence-corrected chi connectivity index (χ4v) is 2.10. The third-order valence-corrected chi connectivity index (χ3v) is 3.03. The van der Waals surface area contributed by atoms with Crippen LogP contribution >= 0.6 is 0 Å². The first-order valence-corrected chi connectivity index (χ1v) is 6.81. The molecule has 0 radical (unpaired) electrons. The summed E-state index contributed by atoms with van der Waals surface area (Å²) >= 11 is 0. The van der Waals surface area contributed by atoms with Gasteiger partial charge in [0.15, 0.2) is 0 Å². The molecule has 2 N–H and O–H groups in total. The van der Waals surface area contributed by atoms with Crippen LogP contribution in [-0.2, 0) is 14.3 Å². The molecule has 1 atom stereocenters. The number of aryl methyl sites for hydroxylation is 1. The quantitative estimate of drug-likeness (QED) is 0.677. The Hall–Kier alpha value is -2.00. The van der Waals surface area contributed by atoms with Crippen molar-refractivity contribution >= 4 is 17.9 Å². The number of carbonyl (C=O) groups excluding carboxylic acids is 2. The van der Waals surface area contributed by atoms with Gasteiger partial charge in [-0.3, -0.25) is 19.8 Å². The highest BCUT2D eigenvalue weighted by molar-refractivity contribution is 5.90. The third-order valence-electron chi connectivity index (χ3n) is 3.03. The number of hydrogen-bond acceptors (Lipinski definition) is 8. The van der Waals surface area contributed by atoms with Gasteiger partial charge in [0.05, 0.1) is 13.2 Å². The zero-order valence-corrected chi connectivity index (χ0v) is 12.1. The van der Waals surface area contributed by atoms with E-state index in [9.17, 15) is 9.59 Å². The van der Waals surface area contributed by atoms with E-state index in [1.165, 1.54) is 0 Å². The lowest BCUT2D eigenvalue weighted by Gasteiger charge is -2.33. The first-order chi connectivity index (χ1) is 10.1. The number of piperazine rings is 1. The highest BCUT2D eigenvalue weighted by Gasteiger charge is 2.31. The minimum Gasteiger partial charge on any atom is -0.465 e. The molecule has 1 aliphatic heterocycles. The minimum absolute atomic E-state index is 0.0559. The van der Waals surface area contributed by atoms with E-state index in [1.54, 1.807) is 18.7 Å². The number of aromatic nitrogens is 2. The van der Waals surface area contributed by atoms with Gasteiger partial charge in [0.1, 0.15) is 6.04 Å². The summed E-state index contributed by atoms with van der Waals surface area (Å²) < 4.78 is 10.1. The lowest BCUT2D eigenvalue weighted by atomic mass is 10.2. The molecule has 21 heavy (non-hydrogen) atoms. The van der Waals surface area contributed by atoms with Gasteiger partial charge in [0.25, 0.3) is 0 Å². The van der Waals surface area contributed by atoms with E-state index in [4.69, 9.17) is 9.15 Å². The number of anilines is 1. The molecule has 9 heteroatoms. The first kappa shape index (κ1) is 15.4. The molecular weight excluding hydrogens is 278 g/mol. The van der Waals surface area contributed by atoms with E-state index in [0.717, 1.165) is 0 Å². The summed E-state index contributed by atoms with van der Waals surface area (Å²) in [5.41, 5.74) is 0. The van der Waals surface area contributed by atoms with Crippen molar-refractivity contribution in [3.05, 3.63) is 5.89 Å². The van der Waals surface area contributed by atoms with Crippen molar-refractivity contribution in [1.29, 1.82) is 0 Å². The number of esters is 1. The summed E-state index contributed by atoms with van der Waals surface area (Å²) in [6.07, 6.45) is 0. The second-order valence-corrected chi connectivity index (χ2v) is 4.62. The van der Waals surface area contributed by atoms with Crippen molar-refractivity contribution in [3.63, 3.8) is 0 Å². The molecule has 0 aromatic carbocycles. The zero-order chi connectivity index (χ0) is 15.2. The SMILES string of the molecule is CCOC(=O)C1CNCCN1CC(=O)Nc1nnc(C)o1. The van der Waals surface area contributed by atoms with Crippen molar-refractivity contribution in [2.24, 2.45) is 0 Å². The van der Waals surface area contributed by atoms with Crippen LogP contribution in [0.2, 0.25) is 0 Å². The van der Waals surface area contributed by atoms with Gasteiger partial charge >= 0.3 is 12.0 Å². The van der Waals surface area contributed by atoms with E-state index in [0.29, 0.717) is 32.1 Å². The van der Waals surface area contributed by atoms with E-state index in [2.05, 4.69) is 20.8 Å². The summed E-state index contributed by atoms with van der Waals surface area (Å²) in [4.78, 5) is 25.6. The van der Waals surface area contributed by atoms with Gasteiger partial charge in [0.2, 0.25) is 11.8 Å². The minimum atomic E-state index is -0.464. The largest absolute Gasteiger partial charge is 0.465 e. The Morgan fingerprint density at radius 1 is 1.52 bits per heavy atom. The van der Waals surface area contributed by atoms with Crippen molar-refractivity contribution in [2.45, 2.75) is 19.9 Å². The first-order valence-electron chi connectivity index (χ1n) is 6.81. The number of nitrogens with one attached hydrogen (secondary N) is 2. The Balaban J connectivity index is 1.92. The number of hydrogen-bond donors (Lipinski definition) is 2. The fourth-order valence-electron chi connectivity index (χ4n) is 2.10. The lowest BCUT2D eigenvalue weighted by molar-refractivity contribution is -0.150. The molecule has 9 nitrogen and oxygen atoms in total. The Bertz CT molecular complexity index is 504. The smallest absolute Gasteiger partial charge is 0.324 e. The van der Waals surface area contributed by atoms with E-state index in [1.807, 2.05) is 0 Å². The van der Waals surface area contributed by atoms with Gasteiger partial charge in [-0.2, -0.15) is 0 Å². The van der Waals surface area contributed by atoms with Crippen LogP contribution in [0.25, 0.3) is 0 Å². The predicted molar refractivity (Wildman–Crippen MR) is 72.5 cm³/mol. The van der Waals surface area contributed by atoms with Crippen LogP contribution < -0.4 is 10.6 Å². The van der Waals surface area contributed by atoms with Crippen LogP contribution in [0.4, 0.5) is 6.01 Å². The van der Waals surface area contributed by atoms with Crippen LogP contribution in [0, 0.1) is 6.92 Å².